The maximum Gasteiger partial charge on any atom is 0.255 e. The fraction of sp³-hybridized carbons (Fsp3) is 0.0690. The van der Waals surface area contributed by atoms with Crippen LogP contribution in [0, 0.1) is 6.92 Å². The molecule has 178 valence electrons. The highest BCUT2D eigenvalue weighted by atomic mass is 32.2. The number of carbonyl (C=O) groups is 2. The molecule has 5 rings (SSSR count). The Kier molecular flexibility index (Phi) is 7.11. The Hall–Kier alpha value is -3.94. The molecule has 7 heteroatoms. The Morgan fingerprint density at radius 2 is 1.61 bits per heavy atom. The fourth-order valence-electron chi connectivity index (χ4n) is 3.77. The van der Waals surface area contributed by atoms with E-state index in [1.165, 1.54) is 23.1 Å². The van der Waals surface area contributed by atoms with Gasteiger partial charge in [-0.05, 0) is 55.0 Å². The predicted octanol–water partition coefficient (Wildman–Crippen LogP) is 7.33. The third kappa shape index (κ3) is 5.64. The van der Waals surface area contributed by atoms with Gasteiger partial charge in [0.25, 0.3) is 5.91 Å². The number of thiazole rings is 1. The molecule has 2 N–H and O–H groups in total. The Morgan fingerprint density at radius 3 is 2.42 bits per heavy atom. The minimum atomic E-state index is -0.499. The van der Waals surface area contributed by atoms with Crippen molar-refractivity contribution in [1.82, 2.24) is 4.98 Å². The zero-order valence-electron chi connectivity index (χ0n) is 19.5. The van der Waals surface area contributed by atoms with E-state index in [1.807, 2.05) is 104 Å². The summed E-state index contributed by atoms with van der Waals surface area (Å²) in [5, 5.41) is 6.04. The van der Waals surface area contributed by atoms with Crippen LogP contribution in [0.25, 0.3) is 10.2 Å². The van der Waals surface area contributed by atoms with Crippen LogP contribution in [0.5, 0.6) is 0 Å². The number of thioether (sulfide) groups is 1. The molecule has 0 saturated carbocycles. The highest BCUT2D eigenvalue weighted by Gasteiger charge is 2.23. The van der Waals surface area contributed by atoms with Crippen molar-refractivity contribution in [1.29, 1.82) is 0 Å². The van der Waals surface area contributed by atoms with E-state index in [1.54, 1.807) is 6.07 Å². The molecule has 1 heterocycles. The van der Waals surface area contributed by atoms with E-state index in [9.17, 15) is 9.59 Å². The predicted molar refractivity (Wildman–Crippen MR) is 149 cm³/mol. The lowest BCUT2D eigenvalue weighted by molar-refractivity contribution is -0.115. The average molecular weight is 510 g/mol. The van der Waals surface area contributed by atoms with Gasteiger partial charge in [-0.3, -0.25) is 9.59 Å². The molecular formula is C29H23N3O2S2. The highest BCUT2D eigenvalue weighted by molar-refractivity contribution is 8.00. The molecule has 5 aromatic rings. The van der Waals surface area contributed by atoms with E-state index in [0.29, 0.717) is 16.4 Å². The van der Waals surface area contributed by atoms with Crippen molar-refractivity contribution in [3.8, 4) is 0 Å². The van der Waals surface area contributed by atoms with Gasteiger partial charge in [-0.1, -0.05) is 77.6 Å². The number of anilines is 2. The lowest BCUT2D eigenvalue weighted by Crippen LogP contribution is -2.19. The van der Waals surface area contributed by atoms with Gasteiger partial charge in [0.15, 0.2) is 5.13 Å². The first-order valence-electron chi connectivity index (χ1n) is 11.4. The molecule has 4 aromatic carbocycles. The minimum absolute atomic E-state index is 0.153. The molecule has 0 fully saturated rings. The summed E-state index contributed by atoms with van der Waals surface area (Å²) >= 11 is 2.88. The first-order valence-corrected chi connectivity index (χ1v) is 13.1. The molecule has 5 nitrogen and oxygen atoms in total. The summed E-state index contributed by atoms with van der Waals surface area (Å²) in [5.41, 5.74) is 4.04. The number of hydrogen-bond donors (Lipinski definition) is 2. The molecule has 0 aliphatic rings. The van der Waals surface area contributed by atoms with Crippen molar-refractivity contribution in [3.05, 3.63) is 120 Å². The number of carbonyl (C=O) groups excluding carboxylic acids is 2. The summed E-state index contributed by atoms with van der Waals surface area (Å²) in [5.74, 6) is -0.325. The second-order valence-corrected chi connectivity index (χ2v) is 10.4. The Bertz CT molecular complexity index is 1500. The van der Waals surface area contributed by atoms with E-state index < -0.39 is 5.25 Å². The van der Waals surface area contributed by atoms with E-state index in [2.05, 4.69) is 15.6 Å². The first kappa shape index (κ1) is 23.8. The molecule has 0 aliphatic carbocycles. The topological polar surface area (TPSA) is 71.1 Å². The van der Waals surface area contributed by atoms with Gasteiger partial charge in [-0.25, -0.2) is 4.98 Å². The van der Waals surface area contributed by atoms with E-state index in [-0.39, 0.29) is 11.8 Å². The van der Waals surface area contributed by atoms with Crippen molar-refractivity contribution < 1.29 is 9.59 Å². The average Bonchev–Trinajstić information content (AvgIpc) is 3.30. The monoisotopic (exact) mass is 509 g/mol. The molecular weight excluding hydrogens is 486 g/mol. The maximum atomic E-state index is 13.4. The standard InChI is InChI=1S/C29H23N3O2S2/c1-19-9-7-12-21(17-19)27(33)30-22-13-8-14-23(18-22)35-26(20-10-3-2-4-11-20)28(34)32-29-31-24-15-5-6-16-25(24)36-29/h2-18,26H,1H3,(H,30,33)(H,31,32,34). The van der Waals surface area contributed by atoms with Crippen LogP contribution in [-0.2, 0) is 4.79 Å². The number of amides is 2. The van der Waals surface area contributed by atoms with Crippen molar-refractivity contribution in [2.45, 2.75) is 17.1 Å². The summed E-state index contributed by atoms with van der Waals surface area (Å²) < 4.78 is 1.02. The normalized spacial score (nSPS) is 11.7. The van der Waals surface area contributed by atoms with Gasteiger partial charge in [-0.15, -0.1) is 11.8 Å². The van der Waals surface area contributed by atoms with Gasteiger partial charge < -0.3 is 10.6 Å². The lowest BCUT2D eigenvalue weighted by atomic mass is 10.1. The summed E-state index contributed by atoms with van der Waals surface area (Å²) in [4.78, 5) is 31.6. The molecule has 0 radical (unpaired) electrons. The molecule has 0 aliphatic heterocycles. The van der Waals surface area contributed by atoms with E-state index >= 15 is 0 Å². The summed E-state index contributed by atoms with van der Waals surface area (Å²) in [7, 11) is 0. The van der Waals surface area contributed by atoms with Crippen molar-refractivity contribution in [3.63, 3.8) is 0 Å². The summed E-state index contributed by atoms with van der Waals surface area (Å²) in [6.45, 7) is 1.96. The van der Waals surface area contributed by atoms with Gasteiger partial charge in [0.05, 0.1) is 10.2 Å². The number of para-hydroxylation sites is 1. The van der Waals surface area contributed by atoms with Gasteiger partial charge in [0.1, 0.15) is 5.25 Å². The van der Waals surface area contributed by atoms with Crippen LogP contribution in [0.1, 0.15) is 26.7 Å². The quantitative estimate of drug-likeness (QED) is 0.225. The maximum absolute atomic E-state index is 13.4. The molecule has 0 bridgehead atoms. The number of rotatable bonds is 7. The second kappa shape index (κ2) is 10.8. The van der Waals surface area contributed by atoms with Crippen LogP contribution in [0.2, 0.25) is 0 Å². The molecule has 1 aromatic heterocycles. The molecule has 2 amide bonds. The molecule has 1 unspecified atom stereocenters. The molecule has 0 spiro atoms. The van der Waals surface area contributed by atoms with Crippen LogP contribution < -0.4 is 10.6 Å². The van der Waals surface area contributed by atoms with Crippen molar-refractivity contribution in [2.24, 2.45) is 0 Å². The Balaban J connectivity index is 1.36. The van der Waals surface area contributed by atoms with E-state index in [0.717, 1.165) is 26.2 Å². The Morgan fingerprint density at radius 1 is 0.833 bits per heavy atom. The SMILES string of the molecule is Cc1cccc(C(=O)Nc2cccc(SC(C(=O)Nc3nc4ccccc4s3)c3ccccc3)c2)c1. The zero-order valence-corrected chi connectivity index (χ0v) is 21.1. The number of nitrogens with one attached hydrogen (secondary N) is 2. The largest absolute Gasteiger partial charge is 0.322 e. The van der Waals surface area contributed by atoms with Gasteiger partial charge in [0.2, 0.25) is 5.91 Å². The number of benzene rings is 4. The number of aromatic nitrogens is 1. The minimum Gasteiger partial charge on any atom is -0.322 e. The van der Waals surface area contributed by atoms with Crippen LogP contribution in [-0.4, -0.2) is 16.8 Å². The van der Waals surface area contributed by atoms with Gasteiger partial charge in [0, 0.05) is 16.1 Å². The zero-order chi connectivity index (χ0) is 24.9. The van der Waals surface area contributed by atoms with Gasteiger partial charge >= 0.3 is 0 Å². The number of aryl methyl sites for hydroxylation is 1. The van der Waals surface area contributed by atoms with Crippen LogP contribution in [0.4, 0.5) is 10.8 Å². The van der Waals surface area contributed by atoms with Crippen LogP contribution in [0.3, 0.4) is 0 Å². The first-order chi connectivity index (χ1) is 17.5. The lowest BCUT2D eigenvalue weighted by Gasteiger charge is -2.17. The number of nitrogens with zero attached hydrogens (tertiary/aromatic N) is 1. The van der Waals surface area contributed by atoms with E-state index in [4.69, 9.17) is 0 Å². The number of fused-ring (bicyclic) bond motifs is 1. The fourth-order valence-corrected chi connectivity index (χ4v) is 5.72. The highest BCUT2D eigenvalue weighted by Crippen LogP contribution is 2.38. The Labute approximate surface area is 217 Å². The van der Waals surface area contributed by atoms with Gasteiger partial charge in [-0.2, -0.15) is 0 Å². The summed E-state index contributed by atoms with van der Waals surface area (Å²) in [6.07, 6.45) is 0. The smallest absolute Gasteiger partial charge is 0.255 e. The third-order valence-electron chi connectivity index (χ3n) is 5.49. The molecule has 0 saturated heterocycles. The third-order valence-corrected chi connectivity index (χ3v) is 7.69. The van der Waals surface area contributed by atoms with Crippen molar-refractivity contribution >= 4 is 55.9 Å². The van der Waals surface area contributed by atoms with Crippen molar-refractivity contribution in [2.75, 3.05) is 10.6 Å². The second-order valence-electron chi connectivity index (χ2n) is 8.24. The van der Waals surface area contributed by atoms with Crippen LogP contribution in [0.15, 0.2) is 108 Å². The molecule has 36 heavy (non-hydrogen) atoms. The molecule has 1 atom stereocenters. The summed E-state index contributed by atoms with van der Waals surface area (Å²) in [6, 6.07) is 32.5. The van der Waals surface area contributed by atoms with Crippen LogP contribution >= 0.6 is 23.1 Å². The number of hydrogen-bond acceptors (Lipinski definition) is 5.